The molecule has 2 N–H and O–H groups in total. The number of nitrogens with zero attached hydrogens (tertiary/aromatic N) is 4. The molecule has 0 radical (unpaired) electrons. The Morgan fingerprint density at radius 1 is 1.14 bits per heavy atom. The van der Waals surface area contributed by atoms with E-state index in [9.17, 15) is 10.1 Å². The van der Waals surface area contributed by atoms with Crippen molar-refractivity contribution in [2.75, 3.05) is 13.6 Å². The smallest absolute Gasteiger partial charge is 0.269 e. The number of halogens is 1. The molecule has 0 unspecified atom stereocenters. The van der Waals surface area contributed by atoms with E-state index >= 15 is 0 Å². The van der Waals surface area contributed by atoms with Crippen molar-refractivity contribution in [3.05, 3.63) is 88.2 Å². The van der Waals surface area contributed by atoms with Crippen molar-refractivity contribution in [1.29, 1.82) is 0 Å². The summed E-state index contributed by atoms with van der Waals surface area (Å²) in [6.45, 7) is 1.18. The number of rotatable bonds is 7. The summed E-state index contributed by atoms with van der Waals surface area (Å²) >= 11 is 0. The maximum atomic E-state index is 10.9. The van der Waals surface area contributed by atoms with Gasteiger partial charge in [0.05, 0.1) is 10.6 Å². The van der Waals surface area contributed by atoms with Gasteiger partial charge in [0.25, 0.3) is 5.69 Å². The average molecular weight is 506 g/mol. The Morgan fingerprint density at radius 3 is 2.59 bits per heavy atom. The summed E-state index contributed by atoms with van der Waals surface area (Å²) in [5.41, 5.74) is 3.14. The van der Waals surface area contributed by atoms with Crippen LogP contribution < -0.4 is 10.6 Å². The Labute approximate surface area is 186 Å². The average Bonchev–Trinajstić information content (AvgIpc) is 3.26. The van der Waals surface area contributed by atoms with Gasteiger partial charge in [-0.25, -0.2) is 4.68 Å². The van der Waals surface area contributed by atoms with Crippen molar-refractivity contribution in [3.8, 4) is 5.69 Å². The normalized spacial score (nSPS) is 10.9. The Morgan fingerprint density at radius 2 is 1.93 bits per heavy atom. The van der Waals surface area contributed by atoms with Crippen LogP contribution in [0.3, 0.4) is 0 Å². The largest absolute Gasteiger partial charge is 0.356 e. The predicted octanol–water partition coefficient (Wildman–Crippen LogP) is 3.31. The van der Waals surface area contributed by atoms with Crippen molar-refractivity contribution in [2.24, 2.45) is 4.99 Å². The van der Waals surface area contributed by atoms with Gasteiger partial charge in [-0.05, 0) is 35.7 Å². The fourth-order valence-electron chi connectivity index (χ4n) is 2.75. The summed E-state index contributed by atoms with van der Waals surface area (Å²) in [7, 11) is 1.70. The zero-order valence-electron chi connectivity index (χ0n) is 16.0. The van der Waals surface area contributed by atoms with Gasteiger partial charge in [-0.15, -0.1) is 24.0 Å². The van der Waals surface area contributed by atoms with Crippen LogP contribution in [-0.4, -0.2) is 34.3 Å². The van der Waals surface area contributed by atoms with Crippen molar-refractivity contribution < 1.29 is 4.92 Å². The van der Waals surface area contributed by atoms with E-state index < -0.39 is 4.92 Å². The molecule has 0 spiro atoms. The van der Waals surface area contributed by atoms with Crippen LogP contribution in [0.15, 0.2) is 72.0 Å². The van der Waals surface area contributed by atoms with Crippen molar-refractivity contribution in [2.45, 2.75) is 13.0 Å². The first-order chi connectivity index (χ1) is 13.7. The van der Waals surface area contributed by atoms with Gasteiger partial charge >= 0.3 is 0 Å². The summed E-state index contributed by atoms with van der Waals surface area (Å²) in [4.78, 5) is 14.6. The molecule has 0 saturated heterocycles. The first-order valence-electron chi connectivity index (χ1n) is 8.92. The molecule has 3 rings (SSSR count). The highest BCUT2D eigenvalue weighted by Crippen LogP contribution is 2.12. The van der Waals surface area contributed by atoms with Crippen LogP contribution in [0.2, 0.25) is 0 Å². The number of nitro groups is 1. The monoisotopic (exact) mass is 506 g/mol. The fraction of sp³-hybridized carbons (Fsp3) is 0.200. The number of aliphatic imine (C=N–C) groups is 1. The molecule has 29 heavy (non-hydrogen) atoms. The van der Waals surface area contributed by atoms with Crippen LogP contribution in [0.5, 0.6) is 0 Å². The highest BCUT2D eigenvalue weighted by atomic mass is 127. The zero-order valence-corrected chi connectivity index (χ0v) is 18.3. The van der Waals surface area contributed by atoms with E-state index in [4.69, 9.17) is 0 Å². The van der Waals surface area contributed by atoms with Crippen LogP contribution in [0, 0.1) is 10.1 Å². The summed E-state index contributed by atoms with van der Waals surface area (Å²) in [5.74, 6) is 0.652. The lowest BCUT2D eigenvalue weighted by molar-refractivity contribution is -0.384. The predicted molar refractivity (Wildman–Crippen MR) is 124 cm³/mol. The first kappa shape index (κ1) is 22.3. The molecular formula is C20H23IN6O2. The molecule has 2 aromatic carbocycles. The van der Waals surface area contributed by atoms with Crippen LogP contribution in [-0.2, 0) is 13.0 Å². The lowest BCUT2D eigenvalue weighted by Crippen LogP contribution is -2.37. The maximum absolute atomic E-state index is 10.9. The van der Waals surface area contributed by atoms with Gasteiger partial charge in [-0.1, -0.05) is 24.3 Å². The minimum Gasteiger partial charge on any atom is -0.356 e. The summed E-state index contributed by atoms with van der Waals surface area (Å²) in [6.07, 6.45) is 4.51. The Bertz CT molecular complexity index is 942. The second-order valence-corrected chi connectivity index (χ2v) is 6.15. The van der Waals surface area contributed by atoms with Crippen molar-refractivity contribution >= 4 is 35.6 Å². The molecule has 152 valence electrons. The SMILES string of the molecule is CN=C(NCCc1ccc(-n2cccn2)cc1)NCc1cccc([N+](=O)[O-])c1.I. The molecule has 3 aromatic rings. The number of nitrogens with one attached hydrogen (secondary N) is 2. The molecule has 1 aromatic heterocycles. The van der Waals surface area contributed by atoms with E-state index in [1.165, 1.54) is 11.6 Å². The molecule has 8 nitrogen and oxygen atoms in total. The standard InChI is InChI=1S/C20H22N6O2.HI/c1-21-20(23-15-17-4-2-5-19(14-17)26(27)28)22-12-10-16-6-8-18(9-7-16)25-13-3-11-24-25;/h2-9,11,13-14H,10,12,15H2,1H3,(H2,21,22,23);1H. The van der Waals surface area contributed by atoms with E-state index in [0.29, 0.717) is 12.5 Å². The Balaban J connectivity index is 0.00000300. The molecule has 0 fully saturated rings. The second kappa shape index (κ2) is 11.1. The van der Waals surface area contributed by atoms with Gasteiger partial charge in [0.2, 0.25) is 0 Å². The molecule has 9 heteroatoms. The second-order valence-electron chi connectivity index (χ2n) is 6.15. The molecule has 0 aliphatic carbocycles. The highest BCUT2D eigenvalue weighted by molar-refractivity contribution is 14.0. The van der Waals surface area contributed by atoms with Gasteiger partial charge in [-0.3, -0.25) is 15.1 Å². The summed E-state index contributed by atoms with van der Waals surface area (Å²) < 4.78 is 1.82. The third-order valence-corrected chi connectivity index (χ3v) is 4.22. The fourth-order valence-corrected chi connectivity index (χ4v) is 2.75. The van der Waals surface area contributed by atoms with Crippen molar-refractivity contribution in [3.63, 3.8) is 0 Å². The molecule has 0 saturated carbocycles. The molecule has 1 heterocycles. The Hall–Kier alpha value is -2.95. The number of non-ortho nitro benzene ring substituents is 1. The molecule has 0 amide bonds. The van der Waals surface area contributed by atoms with Gasteiger partial charge in [0.1, 0.15) is 0 Å². The third kappa shape index (κ3) is 6.56. The van der Waals surface area contributed by atoms with Crippen molar-refractivity contribution in [1.82, 2.24) is 20.4 Å². The molecule has 0 aliphatic rings. The summed E-state index contributed by atoms with van der Waals surface area (Å²) in [5, 5.41) is 21.5. The van der Waals surface area contributed by atoms with E-state index in [-0.39, 0.29) is 29.7 Å². The summed E-state index contributed by atoms with van der Waals surface area (Å²) in [6, 6.07) is 16.7. The van der Waals surface area contributed by atoms with Crippen LogP contribution >= 0.6 is 24.0 Å². The van der Waals surface area contributed by atoms with Gasteiger partial charge in [0, 0.05) is 44.7 Å². The van der Waals surface area contributed by atoms with Crippen LogP contribution in [0.1, 0.15) is 11.1 Å². The van der Waals surface area contributed by atoms with E-state index in [1.807, 2.05) is 35.1 Å². The minimum atomic E-state index is -0.395. The van der Waals surface area contributed by atoms with Gasteiger partial charge < -0.3 is 10.6 Å². The van der Waals surface area contributed by atoms with Gasteiger partial charge in [-0.2, -0.15) is 5.10 Å². The third-order valence-electron chi connectivity index (χ3n) is 4.22. The first-order valence-corrected chi connectivity index (χ1v) is 8.92. The van der Waals surface area contributed by atoms with Crippen LogP contribution in [0.25, 0.3) is 5.69 Å². The highest BCUT2D eigenvalue weighted by Gasteiger charge is 2.06. The molecular weight excluding hydrogens is 483 g/mol. The van der Waals surface area contributed by atoms with Gasteiger partial charge in [0.15, 0.2) is 5.96 Å². The number of hydrogen-bond acceptors (Lipinski definition) is 4. The number of guanidine groups is 1. The Kier molecular flexibility index (Phi) is 8.59. The number of hydrogen-bond donors (Lipinski definition) is 2. The minimum absolute atomic E-state index is 0. The van der Waals surface area contributed by atoms with E-state index in [2.05, 4.69) is 32.9 Å². The lowest BCUT2D eigenvalue weighted by Gasteiger charge is -2.12. The van der Waals surface area contributed by atoms with E-state index in [1.54, 1.807) is 25.4 Å². The zero-order chi connectivity index (χ0) is 19.8. The maximum Gasteiger partial charge on any atom is 0.269 e. The van der Waals surface area contributed by atoms with Crippen LogP contribution in [0.4, 0.5) is 5.69 Å². The molecule has 0 aliphatic heterocycles. The van der Waals surface area contributed by atoms with E-state index in [0.717, 1.165) is 24.2 Å². The number of benzene rings is 2. The topological polar surface area (TPSA) is 97.4 Å². The molecule has 0 bridgehead atoms. The lowest BCUT2D eigenvalue weighted by atomic mass is 10.1. The quantitative estimate of drug-likeness (QED) is 0.169. The number of nitro benzene ring substituents is 1. The molecule has 0 atom stereocenters. The number of aromatic nitrogens is 2.